The van der Waals surface area contributed by atoms with Crippen LogP contribution in [0.25, 0.3) is 10.9 Å². The molecule has 1 aromatic heterocycles. The van der Waals surface area contributed by atoms with E-state index in [0.29, 0.717) is 18.2 Å². The highest BCUT2D eigenvalue weighted by atomic mass is 16.5. The standard InChI is InChI=1S/C18H26N2O/c1-14(2)19-10-11-21-17(13-19)12-15(3)20-9-8-16-6-4-5-7-18(16)20/h4-9,14-15,17H,10-13H2,1-3H3. The average molecular weight is 286 g/mol. The number of morpholine rings is 1. The van der Waals surface area contributed by atoms with Crippen molar-refractivity contribution in [2.24, 2.45) is 0 Å². The Labute approximate surface area is 127 Å². The summed E-state index contributed by atoms with van der Waals surface area (Å²) in [6.07, 6.45) is 3.62. The van der Waals surface area contributed by atoms with Crippen LogP contribution in [-0.2, 0) is 4.74 Å². The molecular weight excluding hydrogens is 260 g/mol. The Hall–Kier alpha value is -1.32. The predicted octanol–water partition coefficient (Wildman–Crippen LogP) is 3.70. The molecule has 0 saturated carbocycles. The Kier molecular flexibility index (Phi) is 4.32. The zero-order valence-corrected chi connectivity index (χ0v) is 13.3. The molecule has 2 unspecified atom stereocenters. The summed E-state index contributed by atoms with van der Waals surface area (Å²) < 4.78 is 8.37. The van der Waals surface area contributed by atoms with Crippen LogP contribution in [0.2, 0.25) is 0 Å². The maximum Gasteiger partial charge on any atom is 0.0722 e. The van der Waals surface area contributed by atoms with Crippen molar-refractivity contribution >= 4 is 10.9 Å². The number of aromatic nitrogens is 1. The van der Waals surface area contributed by atoms with Crippen LogP contribution in [0.5, 0.6) is 0 Å². The van der Waals surface area contributed by atoms with Crippen LogP contribution in [0.15, 0.2) is 36.5 Å². The molecule has 0 aliphatic carbocycles. The minimum atomic E-state index is 0.345. The molecular formula is C18H26N2O. The van der Waals surface area contributed by atoms with Crippen molar-refractivity contribution in [3.8, 4) is 0 Å². The lowest BCUT2D eigenvalue weighted by Gasteiger charge is -2.36. The van der Waals surface area contributed by atoms with Crippen LogP contribution in [0.1, 0.15) is 33.2 Å². The molecule has 2 heterocycles. The molecule has 1 saturated heterocycles. The highest BCUT2D eigenvalue weighted by Gasteiger charge is 2.24. The van der Waals surface area contributed by atoms with Gasteiger partial charge in [-0.3, -0.25) is 4.90 Å². The second-order valence-electron chi connectivity index (χ2n) is 6.45. The monoisotopic (exact) mass is 286 g/mol. The largest absolute Gasteiger partial charge is 0.375 e. The summed E-state index contributed by atoms with van der Waals surface area (Å²) >= 11 is 0. The summed E-state index contributed by atoms with van der Waals surface area (Å²) in [7, 11) is 0. The molecule has 1 aliphatic rings. The predicted molar refractivity (Wildman–Crippen MR) is 87.7 cm³/mol. The summed E-state index contributed by atoms with van der Waals surface area (Å²) in [6.45, 7) is 9.82. The van der Waals surface area contributed by atoms with Crippen molar-refractivity contribution in [1.29, 1.82) is 0 Å². The molecule has 3 heteroatoms. The van der Waals surface area contributed by atoms with E-state index in [1.807, 2.05) is 0 Å². The topological polar surface area (TPSA) is 17.4 Å². The van der Waals surface area contributed by atoms with E-state index in [0.717, 1.165) is 26.1 Å². The fraction of sp³-hybridized carbons (Fsp3) is 0.556. The van der Waals surface area contributed by atoms with E-state index in [2.05, 4.69) is 66.8 Å². The lowest BCUT2D eigenvalue weighted by molar-refractivity contribution is -0.0466. The zero-order chi connectivity index (χ0) is 14.8. The van der Waals surface area contributed by atoms with Crippen LogP contribution in [0.3, 0.4) is 0 Å². The average Bonchev–Trinajstić information content (AvgIpc) is 2.91. The van der Waals surface area contributed by atoms with Gasteiger partial charge in [0, 0.05) is 36.9 Å². The maximum atomic E-state index is 5.98. The van der Waals surface area contributed by atoms with Gasteiger partial charge >= 0.3 is 0 Å². The van der Waals surface area contributed by atoms with Crippen molar-refractivity contribution in [3.63, 3.8) is 0 Å². The van der Waals surface area contributed by atoms with Gasteiger partial charge in [0.05, 0.1) is 12.7 Å². The molecule has 0 amide bonds. The molecule has 0 N–H and O–H groups in total. The normalized spacial score (nSPS) is 22.0. The van der Waals surface area contributed by atoms with E-state index in [1.54, 1.807) is 0 Å². The van der Waals surface area contributed by atoms with Crippen molar-refractivity contribution in [2.45, 2.75) is 45.4 Å². The van der Waals surface area contributed by atoms with Gasteiger partial charge in [0.1, 0.15) is 0 Å². The molecule has 2 aromatic rings. The number of benzene rings is 1. The molecule has 3 nitrogen and oxygen atoms in total. The third kappa shape index (κ3) is 3.14. The van der Waals surface area contributed by atoms with Gasteiger partial charge in [-0.15, -0.1) is 0 Å². The van der Waals surface area contributed by atoms with Crippen LogP contribution in [0, 0.1) is 0 Å². The first kappa shape index (κ1) is 14.6. The first-order valence-corrected chi connectivity index (χ1v) is 8.06. The Bertz CT molecular complexity index is 590. The van der Waals surface area contributed by atoms with E-state index in [9.17, 15) is 0 Å². The quantitative estimate of drug-likeness (QED) is 0.852. The number of hydrogen-bond acceptors (Lipinski definition) is 2. The Balaban J connectivity index is 1.70. The van der Waals surface area contributed by atoms with E-state index >= 15 is 0 Å². The molecule has 1 fully saturated rings. The SMILES string of the molecule is CC(C)N1CCOC(CC(C)n2ccc3ccccc32)C1. The fourth-order valence-corrected chi connectivity index (χ4v) is 3.34. The Morgan fingerprint density at radius 1 is 1.19 bits per heavy atom. The molecule has 21 heavy (non-hydrogen) atoms. The molecule has 0 bridgehead atoms. The minimum absolute atomic E-state index is 0.345. The van der Waals surface area contributed by atoms with Crippen molar-refractivity contribution < 1.29 is 4.74 Å². The van der Waals surface area contributed by atoms with E-state index < -0.39 is 0 Å². The van der Waals surface area contributed by atoms with Crippen LogP contribution in [0.4, 0.5) is 0 Å². The van der Waals surface area contributed by atoms with Gasteiger partial charge in [-0.25, -0.2) is 0 Å². The second kappa shape index (κ2) is 6.20. The van der Waals surface area contributed by atoms with Gasteiger partial charge in [-0.2, -0.15) is 0 Å². The van der Waals surface area contributed by atoms with Crippen LogP contribution >= 0.6 is 0 Å². The third-order valence-corrected chi connectivity index (χ3v) is 4.61. The molecule has 0 spiro atoms. The minimum Gasteiger partial charge on any atom is -0.375 e. The second-order valence-corrected chi connectivity index (χ2v) is 6.45. The molecule has 0 radical (unpaired) electrons. The van der Waals surface area contributed by atoms with Crippen LogP contribution in [-0.4, -0.2) is 41.3 Å². The number of ether oxygens (including phenoxy) is 1. The van der Waals surface area contributed by atoms with Gasteiger partial charge in [-0.05, 0) is 44.7 Å². The van der Waals surface area contributed by atoms with Gasteiger partial charge in [0.15, 0.2) is 0 Å². The lowest BCUT2D eigenvalue weighted by atomic mass is 10.1. The number of nitrogens with zero attached hydrogens (tertiary/aromatic N) is 2. The van der Waals surface area contributed by atoms with Crippen molar-refractivity contribution in [1.82, 2.24) is 9.47 Å². The van der Waals surface area contributed by atoms with E-state index in [4.69, 9.17) is 4.74 Å². The van der Waals surface area contributed by atoms with Crippen molar-refractivity contribution in [2.75, 3.05) is 19.7 Å². The van der Waals surface area contributed by atoms with Gasteiger partial charge in [-0.1, -0.05) is 18.2 Å². The Morgan fingerprint density at radius 3 is 2.81 bits per heavy atom. The van der Waals surface area contributed by atoms with E-state index in [-0.39, 0.29) is 0 Å². The molecule has 3 rings (SSSR count). The van der Waals surface area contributed by atoms with E-state index in [1.165, 1.54) is 10.9 Å². The summed E-state index contributed by atoms with van der Waals surface area (Å²) in [5, 5.41) is 1.32. The maximum absolute atomic E-state index is 5.98. The summed E-state index contributed by atoms with van der Waals surface area (Å²) in [4.78, 5) is 2.52. The number of para-hydroxylation sites is 1. The smallest absolute Gasteiger partial charge is 0.0722 e. The van der Waals surface area contributed by atoms with Gasteiger partial charge in [0.25, 0.3) is 0 Å². The number of hydrogen-bond donors (Lipinski definition) is 0. The number of fused-ring (bicyclic) bond motifs is 1. The highest BCUT2D eigenvalue weighted by Crippen LogP contribution is 2.24. The first-order chi connectivity index (χ1) is 10.1. The van der Waals surface area contributed by atoms with Gasteiger partial charge in [0.2, 0.25) is 0 Å². The lowest BCUT2D eigenvalue weighted by Crippen LogP contribution is -2.46. The zero-order valence-electron chi connectivity index (χ0n) is 13.3. The summed E-state index contributed by atoms with van der Waals surface area (Å²) in [6, 6.07) is 11.9. The molecule has 1 aliphatic heterocycles. The third-order valence-electron chi connectivity index (χ3n) is 4.61. The molecule has 114 valence electrons. The summed E-state index contributed by atoms with van der Waals surface area (Å²) in [5.74, 6) is 0. The van der Waals surface area contributed by atoms with Crippen molar-refractivity contribution in [3.05, 3.63) is 36.5 Å². The van der Waals surface area contributed by atoms with Crippen LogP contribution < -0.4 is 0 Å². The van der Waals surface area contributed by atoms with Gasteiger partial charge < -0.3 is 9.30 Å². The fourth-order valence-electron chi connectivity index (χ4n) is 3.34. The molecule has 2 atom stereocenters. The Morgan fingerprint density at radius 2 is 2.00 bits per heavy atom. The molecule has 1 aromatic carbocycles. The first-order valence-electron chi connectivity index (χ1n) is 8.06. The number of rotatable bonds is 4. The highest BCUT2D eigenvalue weighted by molar-refractivity contribution is 5.80. The summed E-state index contributed by atoms with van der Waals surface area (Å²) in [5.41, 5.74) is 1.32.